The summed E-state index contributed by atoms with van der Waals surface area (Å²) in [6.07, 6.45) is 3.03. The first kappa shape index (κ1) is 27.8. The highest BCUT2D eigenvalue weighted by molar-refractivity contribution is 7.89. The summed E-state index contributed by atoms with van der Waals surface area (Å²) in [5, 5.41) is 1.87. The van der Waals surface area contributed by atoms with Crippen LogP contribution in [0.2, 0.25) is 5.04 Å². The lowest BCUT2D eigenvalue weighted by molar-refractivity contribution is -0.124. The van der Waals surface area contributed by atoms with Gasteiger partial charge in [0.25, 0.3) is 24.2 Å². The number of carbonyl (C=O) groups excluding carboxylic acids is 1. The molecule has 38 heavy (non-hydrogen) atoms. The molecule has 5 nitrogen and oxygen atoms in total. The Labute approximate surface area is 227 Å². The van der Waals surface area contributed by atoms with Crippen molar-refractivity contribution in [3.8, 4) is 0 Å². The molecule has 0 saturated heterocycles. The first-order valence-electron chi connectivity index (χ1n) is 12.7. The summed E-state index contributed by atoms with van der Waals surface area (Å²) in [5.41, 5.74) is 1.30. The molecular weight excluding hydrogens is 510 g/mol. The molecule has 0 spiro atoms. The predicted octanol–water partition coefficient (Wildman–Crippen LogP) is 4.97. The zero-order valence-electron chi connectivity index (χ0n) is 22.4. The third-order valence-corrected chi connectivity index (χ3v) is 13.8. The van der Waals surface area contributed by atoms with E-state index in [0.29, 0.717) is 5.57 Å². The second kappa shape index (κ2) is 10.8. The molecule has 0 aliphatic carbocycles. The Balaban J connectivity index is 1.86. The van der Waals surface area contributed by atoms with Gasteiger partial charge in [-0.25, -0.2) is 12.7 Å². The van der Waals surface area contributed by atoms with Crippen molar-refractivity contribution in [2.75, 3.05) is 6.54 Å². The lowest BCUT2D eigenvalue weighted by atomic mass is 10.1. The molecule has 1 aliphatic heterocycles. The SMILES string of the molecule is C=CCC1=C[C@@H](O[Si](c2ccccc2)(c2ccccc2)C(C)(C)C)CN(S(=O)(=O)c2ccc(C)cc2)C1=O. The van der Waals surface area contributed by atoms with E-state index in [2.05, 4.69) is 51.6 Å². The average Bonchev–Trinajstić information content (AvgIpc) is 2.89. The van der Waals surface area contributed by atoms with Crippen LogP contribution < -0.4 is 10.4 Å². The smallest absolute Gasteiger partial charge is 0.266 e. The standard InChI is InChI=1S/C31H35NO4SSi/c1-6-13-25-22-26(23-32(30(25)33)37(34,35)27-20-18-24(2)19-21-27)36-38(31(3,4)5,28-14-9-7-10-15-28)29-16-11-8-12-17-29/h6-12,14-22,26H,1,13,23H2,2-5H3/t26-/m1/s1. The van der Waals surface area contributed by atoms with Crippen molar-refractivity contribution in [1.29, 1.82) is 0 Å². The molecule has 7 heteroatoms. The fourth-order valence-corrected chi connectivity index (χ4v) is 11.1. The van der Waals surface area contributed by atoms with E-state index in [4.69, 9.17) is 4.43 Å². The highest BCUT2D eigenvalue weighted by atomic mass is 32.2. The van der Waals surface area contributed by atoms with Crippen LogP contribution in [0.5, 0.6) is 0 Å². The molecule has 0 fully saturated rings. The van der Waals surface area contributed by atoms with Gasteiger partial charge >= 0.3 is 0 Å². The van der Waals surface area contributed by atoms with Gasteiger partial charge < -0.3 is 4.43 Å². The number of hydrogen-bond acceptors (Lipinski definition) is 4. The molecule has 4 rings (SSSR count). The molecule has 198 valence electrons. The van der Waals surface area contributed by atoms with E-state index >= 15 is 0 Å². The van der Waals surface area contributed by atoms with Crippen LogP contribution in [0.3, 0.4) is 0 Å². The molecule has 0 bridgehead atoms. The molecule has 3 aromatic carbocycles. The lowest BCUT2D eigenvalue weighted by Gasteiger charge is -2.46. The average molecular weight is 546 g/mol. The van der Waals surface area contributed by atoms with Crippen LogP contribution in [0, 0.1) is 6.92 Å². The van der Waals surface area contributed by atoms with Gasteiger partial charge in [0.2, 0.25) is 0 Å². The zero-order chi connectivity index (χ0) is 27.6. The maximum Gasteiger partial charge on any atom is 0.266 e. The van der Waals surface area contributed by atoms with E-state index in [-0.39, 0.29) is 22.9 Å². The minimum absolute atomic E-state index is 0.0838. The van der Waals surface area contributed by atoms with Crippen LogP contribution in [0.4, 0.5) is 0 Å². The molecule has 0 radical (unpaired) electrons. The first-order valence-corrected chi connectivity index (χ1v) is 16.1. The summed E-state index contributed by atoms with van der Waals surface area (Å²) in [6.45, 7) is 12.1. The monoisotopic (exact) mass is 545 g/mol. The van der Waals surface area contributed by atoms with Crippen molar-refractivity contribution in [3.05, 3.63) is 115 Å². The fraction of sp³-hybridized carbons (Fsp3) is 0.258. The van der Waals surface area contributed by atoms with Gasteiger partial charge in [0, 0.05) is 5.57 Å². The zero-order valence-corrected chi connectivity index (χ0v) is 24.2. The molecule has 1 atom stereocenters. The Morgan fingerprint density at radius 3 is 1.95 bits per heavy atom. The number of nitrogens with zero attached hydrogens (tertiary/aromatic N) is 1. The fourth-order valence-electron chi connectivity index (χ4n) is 5.10. The van der Waals surface area contributed by atoms with Gasteiger partial charge in [-0.2, -0.15) is 0 Å². The van der Waals surface area contributed by atoms with Crippen LogP contribution in [-0.4, -0.2) is 39.6 Å². The van der Waals surface area contributed by atoms with Gasteiger partial charge in [-0.3, -0.25) is 4.79 Å². The molecule has 1 heterocycles. The topological polar surface area (TPSA) is 63.7 Å². The highest BCUT2D eigenvalue weighted by Crippen LogP contribution is 2.38. The van der Waals surface area contributed by atoms with Gasteiger partial charge in [-0.1, -0.05) is 105 Å². The molecule has 1 amide bonds. The Hall–Kier alpha value is -3.26. The summed E-state index contributed by atoms with van der Waals surface area (Å²) in [5.74, 6) is -0.534. The van der Waals surface area contributed by atoms with Crippen LogP contribution in [0.25, 0.3) is 0 Å². The first-order chi connectivity index (χ1) is 18.0. The number of benzene rings is 3. The van der Waals surface area contributed by atoms with Crippen molar-refractivity contribution >= 4 is 34.6 Å². The van der Waals surface area contributed by atoms with Gasteiger partial charge in [0.1, 0.15) is 0 Å². The van der Waals surface area contributed by atoms with Gasteiger partial charge in [-0.05, 0) is 47.0 Å². The van der Waals surface area contributed by atoms with E-state index in [1.165, 1.54) is 0 Å². The van der Waals surface area contributed by atoms with Gasteiger partial charge in [0.15, 0.2) is 0 Å². The van der Waals surface area contributed by atoms with Crippen LogP contribution in [0.15, 0.2) is 114 Å². The van der Waals surface area contributed by atoms with Crippen LogP contribution in [-0.2, 0) is 19.2 Å². The summed E-state index contributed by atoms with van der Waals surface area (Å²) >= 11 is 0. The van der Waals surface area contributed by atoms with Crippen molar-refractivity contribution < 1.29 is 17.6 Å². The van der Waals surface area contributed by atoms with Crippen LogP contribution in [0.1, 0.15) is 32.8 Å². The quantitative estimate of drug-likeness (QED) is 0.296. The molecule has 0 N–H and O–H groups in total. The van der Waals surface area contributed by atoms with Crippen LogP contribution >= 0.6 is 0 Å². The predicted molar refractivity (Wildman–Crippen MR) is 155 cm³/mol. The van der Waals surface area contributed by atoms with Crippen molar-refractivity contribution in [2.45, 2.75) is 50.2 Å². The van der Waals surface area contributed by atoms with E-state index in [1.54, 1.807) is 36.4 Å². The number of aryl methyl sites for hydroxylation is 1. The molecule has 0 saturated carbocycles. The second-order valence-corrected chi connectivity index (χ2v) is 16.8. The third kappa shape index (κ3) is 5.19. The van der Waals surface area contributed by atoms with Crippen molar-refractivity contribution in [1.82, 2.24) is 4.31 Å². The highest BCUT2D eigenvalue weighted by Gasteiger charge is 2.52. The maximum atomic E-state index is 13.7. The molecule has 3 aromatic rings. The lowest BCUT2D eigenvalue weighted by Crippen LogP contribution is -2.68. The number of sulfonamides is 1. The van der Waals surface area contributed by atoms with Gasteiger partial charge in [-0.15, -0.1) is 6.58 Å². The number of allylic oxidation sites excluding steroid dienone is 1. The Kier molecular flexibility index (Phi) is 7.92. The molecular formula is C31H35NO4SSi. The van der Waals surface area contributed by atoms with E-state index in [9.17, 15) is 13.2 Å². The summed E-state index contributed by atoms with van der Waals surface area (Å²) < 4.78 is 35.6. The van der Waals surface area contributed by atoms with Crippen molar-refractivity contribution in [3.63, 3.8) is 0 Å². The molecule has 1 aliphatic rings. The van der Waals surface area contributed by atoms with E-state index in [0.717, 1.165) is 20.2 Å². The Bertz CT molecular complexity index is 1390. The summed E-state index contributed by atoms with van der Waals surface area (Å²) in [6, 6.07) is 26.9. The second-order valence-electron chi connectivity index (χ2n) is 10.7. The van der Waals surface area contributed by atoms with E-state index < -0.39 is 30.4 Å². The largest absolute Gasteiger partial charge is 0.399 e. The minimum atomic E-state index is -4.09. The molecule has 0 unspecified atom stereocenters. The summed E-state index contributed by atoms with van der Waals surface area (Å²) in [4.78, 5) is 13.5. The maximum absolute atomic E-state index is 13.7. The Morgan fingerprint density at radius 1 is 0.947 bits per heavy atom. The Morgan fingerprint density at radius 2 is 1.47 bits per heavy atom. The van der Waals surface area contributed by atoms with E-state index in [1.807, 2.05) is 43.3 Å². The number of hydrogen-bond donors (Lipinski definition) is 0. The number of carbonyl (C=O) groups is 1. The van der Waals surface area contributed by atoms with Crippen molar-refractivity contribution in [2.24, 2.45) is 0 Å². The number of rotatable bonds is 8. The minimum Gasteiger partial charge on any atom is -0.399 e. The third-order valence-electron chi connectivity index (χ3n) is 6.95. The summed E-state index contributed by atoms with van der Waals surface area (Å²) in [7, 11) is -7.08. The van der Waals surface area contributed by atoms with Gasteiger partial charge in [0.05, 0.1) is 17.5 Å². The number of amides is 1. The molecule has 0 aromatic heterocycles. The normalized spacial score (nSPS) is 16.7.